The van der Waals surface area contributed by atoms with Crippen molar-refractivity contribution in [2.45, 2.75) is 51.0 Å². The molecule has 1 aromatic rings. The minimum absolute atomic E-state index is 0.0755. The van der Waals surface area contributed by atoms with Gasteiger partial charge in [0.1, 0.15) is 11.9 Å². The Kier molecular flexibility index (Phi) is 5.07. The highest BCUT2D eigenvalue weighted by Crippen LogP contribution is 2.46. The van der Waals surface area contributed by atoms with E-state index in [9.17, 15) is 9.90 Å². The van der Waals surface area contributed by atoms with Gasteiger partial charge in [-0.2, -0.15) is 0 Å². The number of ether oxygens (including phenoxy) is 1. The second kappa shape index (κ2) is 7.47. The van der Waals surface area contributed by atoms with E-state index in [0.29, 0.717) is 5.75 Å². The molecule has 4 rings (SSSR count). The van der Waals surface area contributed by atoms with Crippen molar-refractivity contribution >= 4 is 11.7 Å². The minimum atomic E-state index is -0.146. The van der Waals surface area contributed by atoms with Crippen molar-refractivity contribution in [3.8, 4) is 5.75 Å². The number of rotatable bonds is 4. The lowest BCUT2D eigenvalue weighted by atomic mass is 9.72. The van der Waals surface area contributed by atoms with Gasteiger partial charge in [-0.3, -0.25) is 9.69 Å². The summed E-state index contributed by atoms with van der Waals surface area (Å²) in [6.07, 6.45) is 7.67. The molecule has 0 aromatic heterocycles. The predicted octanol–water partition coefficient (Wildman–Crippen LogP) is 3.17. The van der Waals surface area contributed by atoms with E-state index in [1.807, 2.05) is 18.2 Å². The summed E-state index contributed by atoms with van der Waals surface area (Å²) in [5, 5.41) is 10.0. The zero-order chi connectivity index (χ0) is 18.0. The van der Waals surface area contributed by atoms with Crippen LogP contribution >= 0.6 is 0 Å². The molecule has 3 fully saturated rings. The number of phenolic OH excluding ortho intramolecular Hbond substituents is 1. The molecule has 1 aromatic carbocycles. The molecule has 5 heteroatoms. The third-order valence-corrected chi connectivity index (χ3v) is 6.50. The van der Waals surface area contributed by atoms with Crippen LogP contribution in [-0.2, 0) is 9.53 Å². The van der Waals surface area contributed by atoms with Crippen LogP contribution < -0.4 is 4.90 Å². The van der Waals surface area contributed by atoms with E-state index in [1.165, 1.54) is 19.3 Å². The third kappa shape index (κ3) is 3.54. The number of cyclic esters (lactones) is 1. The number of phenols is 1. The molecule has 142 valence electrons. The summed E-state index contributed by atoms with van der Waals surface area (Å²) in [7, 11) is 0. The summed E-state index contributed by atoms with van der Waals surface area (Å²) in [5.74, 6) is 0.433. The smallest absolute Gasteiger partial charge is 0.312 e. The summed E-state index contributed by atoms with van der Waals surface area (Å²) in [5.41, 5.74) is 0.781. The van der Waals surface area contributed by atoms with Crippen molar-refractivity contribution in [3.05, 3.63) is 24.3 Å². The van der Waals surface area contributed by atoms with Gasteiger partial charge >= 0.3 is 5.97 Å². The first-order valence-electron chi connectivity index (χ1n) is 10.1. The average molecular weight is 358 g/mol. The maximum Gasteiger partial charge on any atom is 0.312 e. The van der Waals surface area contributed by atoms with Crippen molar-refractivity contribution in [2.24, 2.45) is 5.41 Å². The van der Waals surface area contributed by atoms with E-state index in [2.05, 4.69) is 9.80 Å². The fourth-order valence-electron chi connectivity index (χ4n) is 4.91. The summed E-state index contributed by atoms with van der Waals surface area (Å²) in [6.45, 7) is 4.81. The number of hydrogen-bond acceptors (Lipinski definition) is 5. The maximum atomic E-state index is 12.4. The Labute approximate surface area is 155 Å². The number of anilines is 1. The molecule has 5 nitrogen and oxygen atoms in total. The zero-order valence-electron chi connectivity index (χ0n) is 15.5. The van der Waals surface area contributed by atoms with Crippen LogP contribution in [0.4, 0.5) is 5.69 Å². The Hall–Kier alpha value is -1.75. The topological polar surface area (TPSA) is 53.0 Å². The number of carbonyl (C=O) groups is 1. The fourth-order valence-corrected chi connectivity index (χ4v) is 4.91. The van der Waals surface area contributed by atoms with Gasteiger partial charge in [0, 0.05) is 39.1 Å². The van der Waals surface area contributed by atoms with Gasteiger partial charge in [-0.05, 0) is 31.4 Å². The number of para-hydroxylation sites is 2. The van der Waals surface area contributed by atoms with Crippen molar-refractivity contribution < 1.29 is 14.6 Å². The van der Waals surface area contributed by atoms with Crippen LogP contribution in [0.2, 0.25) is 0 Å². The van der Waals surface area contributed by atoms with Crippen LogP contribution in [0.5, 0.6) is 5.75 Å². The summed E-state index contributed by atoms with van der Waals surface area (Å²) >= 11 is 0. The number of benzene rings is 1. The first kappa shape index (κ1) is 17.7. The van der Waals surface area contributed by atoms with E-state index in [0.717, 1.165) is 64.1 Å². The van der Waals surface area contributed by atoms with Crippen LogP contribution in [0.15, 0.2) is 24.3 Å². The molecule has 26 heavy (non-hydrogen) atoms. The lowest BCUT2D eigenvalue weighted by molar-refractivity contribution is -0.150. The maximum absolute atomic E-state index is 12.4. The minimum Gasteiger partial charge on any atom is -0.506 e. The molecule has 2 saturated heterocycles. The zero-order valence-corrected chi connectivity index (χ0v) is 15.5. The number of carbonyl (C=O) groups excluding carboxylic acids is 1. The number of aromatic hydroxyl groups is 1. The first-order valence-corrected chi connectivity index (χ1v) is 10.1. The van der Waals surface area contributed by atoms with Gasteiger partial charge in [-0.25, -0.2) is 0 Å². The molecule has 1 aliphatic carbocycles. The van der Waals surface area contributed by atoms with E-state index in [-0.39, 0.29) is 17.5 Å². The summed E-state index contributed by atoms with van der Waals surface area (Å²) in [6, 6.07) is 7.55. The molecule has 0 amide bonds. The van der Waals surface area contributed by atoms with Crippen LogP contribution in [-0.4, -0.2) is 54.8 Å². The molecule has 0 bridgehead atoms. The molecule has 0 unspecified atom stereocenters. The largest absolute Gasteiger partial charge is 0.506 e. The van der Waals surface area contributed by atoms with Crippen molar-refractivity contribution in [2.75, 3.05) is 37.6 Å². The highest BCUT2D eigenvalue weighted by molar-refractivity contribution is 5.79. The molecule has 1 atom stereocenters. The molecule has 1 saturated carbocycles. The molecule has 1 N–H and O–H groups in total. The Balaban J connectivity index is 1.24. The van der Waals surface area contributed by atoms with Crippen molar-refractivity contribution in [1.82, 2.24) is 4.90 Å². The van der Waals surface area contributed by atoms with E-state index >= 15 is 0 Å². The Morgan fingerprint density at radius 3 is 2.54 bits per heavy atom. The molecule has 2 heterocycles. The predicted molar refractivity (Wildman–Crippen MR) is 101 cm³/mol. The lowest BCUT2D eigenvalue weighted by Gasteiger charge is -2.36. The Morgan fingerprint density at radius 1 is 1.08 bits per heavy atom. The molecule has 3 aliphatic rings. The second-order valence-corrected chi connectivity index (χ2v) is 8.18. The number of piperazine rings is 1. The van der Waals surface area contributed by atoms with Gasteiger partial charge in [0.2, 0.25) is 0 Å². The lowest BCUT2D eigenvalue weighted by Crippen LogP contribution is -2.47. The highest BCUT2D eigenvalue weighted by Gasteiger charge is 2.48. The van der Waals surface area contributed by atoms with Gasteiger partial charge in [0.05, 0.1) is 11.1 Å². The first-order chi connectivity index (χ1) is 12.7. The monoisotopic (exact) mass is 358 g/mol. The van der Waals surface area contributed by atoms with Crippen LogP contribution in [0, 0.1) is 5.41 Å². The van der Waals surface area contributed by atoms with Crippen LogP contribution in [0.25, 0.3) is 0 Å². The Morgan fingerprint density at radius 2 is 1.81 bits per heavy atom. The van der Waals surface area contributed by atoms with E-state index in [1.54, 1.807) is 6.07 Å². The number of esters is 1. The van der Waals surface area contributed by atoms with Gasteiger partial charge in [-0.1, -0.05) is 31.4 Å². The standard InChI is InChI=1S/C21H30N2O3/c24-19-7-3-2-6-18(19)23-14-12-22(13-15-23)11-8-17-16-21(20(25)26-17)9-4-1-5-10-21/h2-3,6-7,17,24H,1,4-5,8-16H2/t17-/m0/s1. The number of hydrogen-bond donors (Lipinski definition) is 1. The molecular formula is C21H30N2O3. The Bertz CT molecular complexity index is 634. The summed E-state index contributed by atoms with van der Waals surface area (Å²) in [4.78, 5) is 17.1. The van der Waals surface area contributed by atoms with Gasteiger partial charge < -0.3 is 14.7 Å². The molecule has 2 aliphatic heterocycles. The van der Waals surface area contributed by atoms with Crippen LogP contribution in [0.1, 0.15) is 44.9 Å². The molecule has 0 radical (unpaired) electrons. The number of nitrogens with zero attached hydrogens (tertiary/aromatic N) is 2. The van der Waals surface area contributed by atoms with Gasteiger partial charge in [0.25, 0.3) is 0 Å². The fraction of sp³-hybridized carbons (Fsp3) is 0.667. The van der Waals surface area contributed by atoms with E-state index in [4.69, 9.17) is 4.74 Å². The van der Waals surface area contributed by atoms with Gasteiger partial charge in [0.15, 0.2) is 0 Å². The normalized spacial score (nSPS) is 26.2. The highest BCUT2D eigenvalue weighted by atomic mass is 16.6. The van der Waals surface area contributed by atoms with Crippen LogP contribution in [0.3, 0.4) is 0 Å². The average Bonchev–Trinajstić information content (AvgIpc) is 2.96. The quantitative estimate of drug-likeness (QED) is 0.838. The SMILES string of the molecule is O=C1O[C@@H](CCN2CCN(c3ccccc3O)CC2)CC12CCCCC2. The van der Waals surface area contributed by atoms with E-state index < -0.39 is 0 Å². The molecular weight excluding hydrogens is 328 g/mol. The third-order valence-electron chi connectivity index (χ3n) is 6.50. The second-order valence-electron chi connectivity index (χ2n) is 8.18. The molecule has 1 spiro atoms. The van der Waals surface area contributed by atoms with Crippen molar-refractivity contribution in [3.63, 3.8) is 0 Å². The van der Waals surface area contributed by atoms with Gasteiger partial charge in [-0.15, -0.1) is 0 Å². The summed E-state index contributed by atoms with van der Waals surface area (Å²) < 4.78 is 5.74. The van der Waals surface area contributed by atoms with Crippen molar-refractivity contribution in [1.29, 1.82) is 0 Å².